The smallest absolute Gasteiger partial charge is 0.314 e. The van der Waals surface area contributed by atoms with Crippen molar-refractivity contribution in [3.05, 3.63) is 65.5 Å². The minimum Gasteiger partial charge on any atom is -0.314 e. The lowest BCUT2D eigenvalue weighted by atomic mass is 10.0. The average Bonchev–Trinajstić information content (AvgIpc) is 2.62. The molecule has 26 heavy (non-hydrogen) atoms. The maximum absolute atomic E-state index is 13.5. The van der Waals surface area contributed by atoms with Crippen LogP contribution in [-0.4, -0.2) is 38.7 Å². The molecule has 0 amide bonds. The normalized spacial score (nSPS) is 19.0. The van der Waals surface area contributed by atoms with Crippen molar-refractivity contribution in [1.29, 1.82) is 0 Å². The van der Waals surface area contributed by atoms with E-state index in [1.54, 1.807) is 18.2 Å². The van der Waals surface area contributed by atoms with Crippen molar-refractivity contribution in [2.75, 3.05) is 19.6 Å². The predicted molar refractivity (Wildman–Crippen MR) is 92.1 cm³/mol. The van der Waals surface area contributed by atoms with Gasteiger partial charge < -0.3 is 5.32 Å². The molecule has 4 nitrogen and oxygen atoms in total. The molecule has 0 aromatic heterocycles. The number of piperazine rings is 1. The highest BCUT2D eigenvalue weighted by Gasteiger charge is 2.27. The van der Waals surface area contributed by atoms with Crippen molar-refractivity contribution < 1.29 is 21.6 Å². The molecule has 0 bridgehead atoms. The quantitative estimate of drug-likeness (QED) is 0.861. The van der Waals surface area contributed by atoms with Crippen LogP contribution in [-0.2, 0) is 16.4 Å². The molecular weight excluding hydrogens is 365 g/mol. The zero-order valence-electron chi connectivity index (χ0n) is 13.9. The van der Waals surface area contributed by atoms with Crippen LogP contribution in [0.3, 0.4) is 0 Å². The number of nitrogens with zero attached hydrogens (tertiary/aromatic N) is 1. The fraction of sp³-hybridized carbons (Fsp3) is 0.333. The molecule has 8 heteroatoms. The Labute approximate surface area is 150 Å². The summed E-state index contributed by atoms with van der Waals surface area (Å²) in [6, 6.07) is 11.9. The molecule has 2 aromatic rings. The van der Waals surface area contributed by atoms with E-state index in [9.17, 15) is 21.6 Å². The van der Waals surface area contributed by atoms with Gasteiger partial charge in [-0.1, -0.05) is 24.3 Å². The highest BCUT2D eigenvalue weighted by Crippen LogP contribution is 2.25. The minimum atomic E-state index is -4.58. The lowest BCUT2D eigenvalue weighted by molar-refractivity contribution is 0.153. The lowest BCUT2D eigenvalue weighted by Gasteiger charge is -2.36. The number of rotatable bonds is 5. The largest absolute Gasteiger partial charge is 0.341 e. The summed E-state index contributed by atoms with van der Waals surface area (Å²) < 4.78 is 61.8. The molecular formula is C18H19F3N2O2S. The van der Waals surface area contributed by atoms with Crippen LogP contribution in [0.1, 0.15) is 17.2 Å². The summed E-state index contributed by atoms with van der Waals surface area (Å²) in [6.45, 7) is 2.70. The number of hydrogen-bond acceptors (Lipinski definition) is 4. The topological polar surface area (TPSA) is 49.4 Å². The van der Waals surface area contributed by atoms with Crippen LogP contribution in [0.5, 0.6) is 0 Å². The van der Waals surface area contributed by atoms with Crippen LogP contribution in [0.4, 0.5) is 13.2 Å². The summed E-state index contributed by atoms with van der Waals surface area (Å²) in [5.74, 6) is -3.73. The van der Waals surface area contributed by atoms with E-state index in [4.69, 9.17) is 0 Å². The molecule has 1 heterocycles. The maximum Gasteiger partial charge on any atom is 0.341 e. The van der Waals surface area contributed by atoms with Gasteiger partial charge in [-0.3, -0.25) is 4.90 Å². The molecule has 1 aliphatic rings. The fourth-order valence-electron chi connectivity index (χ4n) is 3.10. The van der Waals surface area contributed by atoms with Crippen LogP contribution < -0.4 is 5.32 Å². The minimum absolute atomic E-state index is 0.0241. The first-order valence-electron chi connectivity index (χ1n) is 8.19. The zero-order chi connectivity index (χ0) is 18.7. The number of sulfone groups is 1. The van der Waals surface area contributed by atoms with E-state index < -0.39 is 20.5 Å². The first-order chi connectivity index (χ1) is 12.4. The van der Waals surface area contributed by atoms with Crippen molar-refractivity contribution in [2.24, 2.45) is 0 Å². The Bertz CT molecular complexity index is 857. The lowest BCUT2D eigenvalue weighted by Crippen LogP contribution is -2.45. The summed E-state index contributed by atoms with van der Waals surface area (Å²) in [6.07, 6.45) is 0. The van der Waals surface area contributed by atoms with Gasteiger partial charge in [0.25, 0.3) is 0 Å². The summed E-state index contributed by atoms with van der Waals surface area (Å²) in [4.78, 5) is 1.76. The molecule has 1 unspecified atom stereocenters. The molecule has 1 saturated heterocycles. The number of benzene rings is 2. The summed E-state index contributed by atoms with van der Waals surface area (Å²) in [7, 11) is -4.58. The molecule has 1 aliphatic heterocycles. The molecule has 0 saturated carbocycles. The van der Waals surface area contributed by atoms with Gasteiger partial charge in [0.2, 0.25) is 9.84 Å². The summed E-state index contributed by atoms with van der Waals surface area (Å²) in [5, 5.41) is 3.28. The van der Waals surface area contributed by atoms with E-state index in [2.05, 4.69) is 10.2 Å². The Morgan fingerprint density at radius 2 is 1.88 bits per heavy atom. The van der Waals surface area contributed by atoms with Gasteiger partial charge in [0.1, 0.15) is 5.82 Å². The first-order valence-corrected chi connectivity index (χ1v) is 9.74. The highest BCUT2D eigenvalue weighted by molar-refractivity contribution is 7.91. The Hall–Kier alpha value is -1.90. The van der Waals surface area contributed by atoms with Crippen LogP contribution in [0.25, 0.3) is 0 Å². The third-order valence-corrected chi connectivity index (χ3v) is 5.86. The second-order valence-electron chi connectivity index (χ2n) is 6.20. The van der Waals surface area contributed by atoms with Crippen molar-refractivity contribution in [1.82, 2.24) is 10.2 Å². The van der Waals surface area contributed by atoms with E-state index in [1.807, 2.05) is 6.07 Å². The van der Waals surface area contributed by atoms with Gasteiger partial charge in [0, 0.05) is 32.2 Å². The van der Waals surface area contributed by atoms with Gasteiger partial charge in [-0.05, 0) is 35.4 Å². The predicted octanol–water partition coefficient (Wildman–Crippen LogP) is 2.97. The van der Waals surface area contributed by atoms with Gasteiger partial charge in [-0.25, -0.2) is 12.8 Å². The molecule has 0 radical (unpaired) electrons. The van der Waals surface area contributed by atoms with Gasteiger partial charge in [0.05, 0.1) is 4.90 Å². The van der Waals surface area contributed by atoms with Crippen molar-refractivity contribution in [3.63, 3.8) is 0 Å². The highest BCUT2D eigenvalue weighted by atomic mass is 32.2. The zero-order valence-corrected chi connectivity index (χ0v) is 14.7. The molecule has 1 atom stereocenters. The van der Waals surface area contributed by atoms with E-state index in [-0.39, 0.29) is 11.9 Å². The molecule has 0 aliphatic carbocycles. The standard InChI is InChI=1S/C18H19F3N2O2S/c19-15-3-1-2-14(10-15)17-11-22-8-9-23(17)12-13-4-6-16(7-5-13)26(24,25)18(20)21/h1-7,10,17-18,22H,8-9,11-12H2. The second kappa shape index (κ2) is 7.77. The third-order valence-electron chi connectivity index (χ3n) is 4.46. The van der Waals surface area contributed by atoms with Crippen molar-refractivity contribution in [3.8, 4) is 0 Å². The number of hydrogen-bond donors (Lipinski definition) is 1. The Morgan fingerprint density at radius 1 is 1.15 bits per heavy atom. The molecule has 1 N–H and O–H groups in total. The summed E-state index contributed by atoms with van der Waals surface area (Å²) in [5.41, 5.74) is 1.66. The first kappa shape index (κ1) is 18.9. The van der Waals surface area contributed by atoms with E-state index in [0.717, 1.165) is 24.2 Å². The van der Waals surface area contributed by atoms with Crippen LogP contribution in [0.15, 0.2) is 53.4 Å². The monoisotopic (exact) mass is 384 g/mol. The van der Waals surface area contributed by atoms with Crippen LogP contribution in [0.2, 0.25) is 0 Å². The van der Waals surface area contributed by atoms with Gasteiger partial charge >= 0.3 is 5.76 Å². The Morgan fingerprint density at radius 3 is 2.54 bits per heavy atom. The number of nitrogens with one attached hydrogen (secondary N) is 1. The Balaban J connectivity index is 1.78. The number of alkyl halides is 2. The molecule has 140 valence electrons. The van der Waals surface area contributed by atoms with Crippen molar-refractivity contribution >= 4 is 9.84 Å². The van der Waals surface area contributed by atoms with Crippen molar-refractivity contribution in [2.45, 2.75) is 23.2 Å². The average molecular weight is 384 g/mol. The fourth-order valence-corrected chi connectivity index (χ4v) is 3.82. The van der Waals surface area contributed by atoms with Gasteiger partial charge in [0.15, 0.2) is 0 Å². The number of halogens is 3. The second-order valence-corrected chi connectivity index (χ2v) is 8.11. The third kappa shape index (κ3) is 4.08. The molecule has 0 spiro atoms. The summed E-state index contributed by atoms with van der Waals surface area (Å²) >= 11 is 0. The van der Waals surface area contributed by atoms with E-state index in [1.165, 1.54) is 24.3 Å². The Kier molecular flexibility index (Phi) is 5.64. The van der Waals surface area contributed by atoms with Crippen LogP contribution >= 0.6 is 0 Å². The van der Waals surface area contributed by atoms with Gasteiger partial charge in [-0.2, -0.15) is 8.78 Å². The molecule has 3 rings (SSSR count). The maximum atomic E-state index is 13.5. The van der Waals surface area contributed by atoms with Crippen LogP contribution in [0, 0.1) is 5.82 Å². The van der Waals surface area contributed by atoms with Gasteiger partial charge in [-0.15, -0.1) is 0 Å². The van der Waals surface area contributed by atoms with E-state index in [0.29, 0.717) is 13.1 Å². The molecule has 1 fully saturated rings. The van der Waals surface area contributed by atoms with E-state index >= 15 is 0 Å². The molecule has 2 aromatic carbocycles. The SMILES string of the molecule is O=S(=O)(c1ccc(CN2CCNCC2c2cccc(F)c2)cc1)C(F)F.